The van der Waals surface area contributed by atoms with E-state index in [1.54, 1.807) is 6.20 Å². The normalized spacial score (nSPS) is 22.0. The Morgan fingerprint density at radius 2 is 2.19 bits per heavy atom. The second-order valence-electron chi connectivity index (χ2n) is 6.99. The summed E-state index contributed by atoms with van der Waals surface area (Å²) in [6.45, 7) is 9.55. The highest BCUT2D eigenvalue weighted by Crippen LogP contribution is 2.29. The molecule has 4 heteroatoms. The fourth-order valence-electron chi connectivity index (χ4n) is 2.41. The van der Waals surface area contributed by atoms with E-state index in [9.17, 15) is 4.79 Å². The molecule has 1 saturated heterocycles. The first-order chi connectivity index (χ1) is 9.72. The summed E-state index contributed by atoms with van der Waals surface area (Å²) in [6, 6.07) is 3.66. The number of amides is 1. The molecule has 21 heavy (non-hydrogen) atoms. The van der Waals surface area contributed by atoms with Crippen LogP contribution in [0.4, 0.5) is 5.82 Å². The summed E-state index contributed by atoms with van der Waals surface area (Å²) in [5.74, 6) is 3.57. The molecule has 1 N–H and O–H groups in total. The number of hydrogen-bond donors (Lipinski definition) is 1. The van der Waals surface area contributed by atoms with Crippen LogP contribution in [0.25, 0.3) is 0 Å². The van der Waals surface area contributed by atoms with Crippen LogP contribution in [0, 0.1) is 17.8 Å². The molecule has 0 bridgehead atoms. The van der Waals surface area contributed by atoms with E-state index >= 15 is 0 Å². The maximum Gasteiger partial charge on any atom is 0.255 e. The molecule has 4 nitrogen and oxygen atoms in total. The van der Waals surface area contributed by atoms with Crippen LogP contribution in [0.5, 0.6) is 0 Å². The fraction of sp³-hybridized carbons (Fsp3) is 0.529. The molecule has 1 aliphatic rings. The van der Waals surface area contributed by atoms with E-state index in [0.717, 1.165) is 12.2 Å². The Bertz CT molecular complexity index is 565. The van der Waals surface area contributed by atoms with Crippen LogP contribution in [-0.4, -0.2) is 34.4 Å². The quantitative estimate of drug-likeness (QED) is 0.850. The molecule has 0 saturated carbocycles. The minimum absolute atomic E-state index is 0.00350. The zero-order valence-corrected chi connectivity index (χ0v) is 13.2. The van der Waals surface area contributed by atoms with Crippen LogP contribution in [-0.2, 0) is 0 Å². The molecular formula is C17H23N3O. The Kier molecular flexibility index (Phi) is 3.95. The van der Waals surface area contributed by atoms with Gasteiger partial charge < -0.3 is 10.2 Å². The molecule has 1 atom stereocenters. The molecule has 0 spiro atoms. The molecule has 1 aliphatic heterocycles. The summed E-state index contributed by atoms with van der Waals surface area (Å²) in [6.07, 6.45) is 8.02. The number of aromatic nitrogens is 1. The standard InChI is InChI=1S/C17H23N3O/c1-6-17(5)9-10-20(12-17)15(21)13-7-8-14(18-11-13)19-16(2,3)4/h1,7-8,11H,9-10,12H2,2-5H3,(H,18,19)/t17-/m0/s1. The summed E-state index contributed by atoms with van der Waals surface area (Å²) in [5.41, 5.74) is 0.356. The molecule has 0 radical (unpaired) electrons. The highest BCUT2D eigenvalue weighted by Gasteiger charge is 2.34. The summed E-state index contributed by atoms with van der Waals surface area (Å²) in [7, 11) is 0. The van der Waals surface area contributed by atoms with Gasteiger partial charge >= 0.3 is 0 Å². The Morgan fingerprint density at radius 3 is 2.67 bits per heavy atom. The topological polar surface area (TPSA) is 45.2 Å². The number of nitrogens with one attached hydrogen (secondary N) is 1. The lowest BCUT2D eigenvalue weighted by Gasteiger charge is -2.22. The summed E-state index contributed by atoms with van der Waals surface area (Å²) in [4.78, 5) is 18.6. The van der Waals surface area contributed by atoms with Crippen molar-refractivity contribution in [3.63, 3.8) is 0 Å². The van der Waals surface area contributed by atoms with Crippen LogP contribution in [0.3, 0.4) is 0 Å². The minimum atomic E-state index is -0.198. The molecular weight excluding hydrogens is 262 g/mol. The van der Waals surface area contributed by atoms with Gasteiger partial charge in [-0.15, -0.1) is 6.42 Å². The van der Waals surface area contributed by atoms with Crippen molar-refractivity contribution in [1.82, 2.24) is 9.88 Å². The molecule has 0 unspecified atom stereocenters. The van der Waals surface area contributed by atoms with E-state index in [1.165, 1.54) is 0 Å². The van der Waals surface area contributed by atoms with Gasteiger partial charge in [-0.2, -0.15) is 0 Å². The van der Waals surface area contributed by atoms with Gasteiger partial charge in [0.2, 0.25) is 0 Å². The number of hydrogen-bond acceptors (Lipinski definition) is 3. The van der Waals surface area contributed by atoms with Crippen molar-refractivity contribution in [1.29, 1.82) is 0 Å². The van der Waals surface area contributed by atoms with Crippen molar-refractivity contribution in [2.24, 2.45) is 5.41 Å². The van der Waals surface area contributed by atoms with Gasteiger partial charge in [-0.05, 0) is 46.2 Å². The molecule has 1 amide bonds. The third-order valence-corrected chi connectivity index (χ3v) is 3.62. The molecule has 0 aliphatic carbocycles. The Hall–Kier alpha value is -2.02. The summed E-state index contributed by atoms with van der Waals surface area (Å²) < 4.78 is 0. The average molecular weight is 285 g/mol. The van der Waals surface area contributed by atoms with Gasteiger partial charge in [0.25, 0.3) is 5.91 Å². The summed E-state index contributed by atoms with van der Waals surface area (Å²) >= 11 is 0. The zero-order chi connectivity index (χ0) is 15.7. The zero-order valence-electron chi connectivity index (χ0n) is 13.2. The first-order valence-electron chi connectivity index (χ1n) is 7.24. The molecule has 2 rings (SSSR count). The van der Waals surface area contributed by atoms with Crippen molar-refractivity contribution >= 4 is 11.7 Å². The fourth-order valence-corrected chi connectivity index (χ4v) is 2.41. The van der Waals surface area contributed by atoms with Gasteiger partial charge in [0.15, 0.2) is 0 Å². The Morgan fingerprint density at radius 1 is 1.48 bits per heavy atom. The number of carbonyl (C=O) groups excluding carboxylic acids is 1. The van der Waals surface area contributed by atoms with E-state index in [-0.39, 0.29) is 16.9 Å². The number of rotatable bonds is 2. The molecule has 1 fully saturated rings. The maximum atomic E-state index is 12.4. The van der Waals surface area contributed by atoms with E-state index in [4.69, 9.17) is 6.42 Å². The van der Waals surface area contributed by atoms with Crippen LogP contribution in [0.15, 0.2) is 18.3 Å². The average Bonchev–Trinajstić information content (AvgIpc) is 2.80. The van der Waals surface area contributed by atoms with E-state index in [2.05, 4.69) is 37.0 Å². The molecule has 1 aromatic heterocycles. The van der Waals surface area contributed by atoms with E-state index < -0.39 is 0 Å². The van der Waals surface area contributed by atoms with E-state index in [0.29, 0.717) is 18.7 Å². The van der Waals surface area contributed by atoms with Gasteiger partial charge in [-0.25, -0.2) is 4.98 Å². The molecule has 0 aromatic carbocycles. The van der Waals surface area contributed by atoms with Crippen molar-refractivity contribution < 1.29 is 4.79 Å². The second-order valence-corrected chi connectivity index (χ2v) is 6.99. The van der Waals surface area contributed by atoms with Gasteiger partial charge in [-0.1, -0.05) is 5.92 Å². The van der Waals surface area contributed by atoms with Gasteiger partial charge in [0.1, 0.15) is 5.82 Å². The molecule has 1 aromatic rings. The van der Waals surface area contributed by atoms with Gasteiger partial charge in [-0.3, -0.25) is 4.79 Å². The first-order valence-corrected chi connectivity index (χ1v) is 7.24. The lowest BCUT2D eigenvalue weighted by Crippen LogP contribution is -2.31. The molecule has 2 heterocycles. The van der Waals surface area contributed by atoms with Gasteiger partial charge in [0, 0.05) is 30.2 Å². The SMILES string of the molecule is C#C[C@@]1(C)CCN(C(=O)c2ccc(NC(C)(C)C)nc2)C1. The predicted octanol–water partition coefficient (Wildman–Crippen LogP) is 2.78. The Labute approximate surface area is 126 Å². The monoisotopic (exact) mass is 285 g/mol. The van der Waals surface area contributed by atoms with E-state index in [1.807, 2.05) is 24.0 Å². The number of terminal acetylenes is 1. The number of nitrogens with zero attached hydrogens (tertiary/aromatic N) is 2. The largest absolute Gasteiger partial charge is 0.365 e. The van der Waals surface area contributed by atoms with Crippen molar-refractivity contribution in [3.8, 4) is 12.3 Å². The van der Waals surface area contributed by atoms with Crippen LogP contribution in [0.2, 0.25) is 0 Å². The highest BCUT2D eigenvalue weighted by atomic mass is 16.2. The molecule has 112 valence electrons. The summed E-state index contributed by atoms with van der Waals surface area (Å²) in [5, 5.41) is 3.28. The lowest BCUT2D eigenvalue weighted by molar-refractivity contribution is 0.0782. The third kappa shape index (κ3) is 3.75. The van der Waals surface area contributed by atoms with Crippen molar-refractivity contribution in [2.45, 2.75) is 39.7 Å². The van der Waals surface area contributed by atoms with Crippen LogP contribution < -0.4 is 5.32 Å². The number of carbonyl (C=O) groups is 1. The number of likely N-dealkylation sites (tertiary alicyclic amines) is 1. The van der Waals surface area contributed by atoms with Crippen molar-refractivity contribution in [2.75, 3.05) is 18.4 Å². The maximum absolute atomic E-state index is 12.4. The second kappa shape index (κ2) is 5.40. The van der Waals surface area contributed by atoms with Crippen LogP contribution >= 0.6 is 0 Å². The Balaban J connectivity index is 2.06. The highest BCUT2D eigenvalue weighted by molar-refractivity contribution is 5.94. The first kappa shape index (κ1) is 15.4. The predicted molar refractivity (Wildman–Crippen MR) is 85.1 cm³/mol. The lowest BCUT2D eigenvalue weighted by atomic mass is 9.91. The van der Waals surface area contributed by atoms with Gasteiger partial charge in [0.05, 0.1) is 5.56 Å². The number of anilines is 1. The van der Waals surface area contributed by atoms with Crippen LogP contribution in [0.1, 0.15) is 44.5 Å². The van der Waals surface area contributed by atoms with Crippen molar-refractivity contribution in [3.05, 3.63) is 23.9 Å². The smallest absolute Gasteiger partial charge is 0.255 e. The number of pyridine rings is 1. The minimum Gasteiger partial charge on any atom is -0.365 e. The third-order valence-electron chi connectivity index (χ3n) is 3.62.